The molecule has 2 aromatic carbocycles. The molecule has 1 heterocycles. The second-order valence-electron chi connectivity index (χ2n) is 7.55. The van der Waals surface area contributed by atoms with Gasteiger partial charge in [0, 0.05) is 23.6 Å². The van der Waals surface area contributed by atoms with Gasteiger partial charge in [-0.05, 0) is 24.3 Å². The maximum absolute atomic E-state index is 12.7. The molecule has 11 nitrogen and oxygen atoms in total. The lowest BCUT2D eigenvalue weighted by molar-refractivity contribution is -0.384. The highest BCUT2D eigenvalue weighted by Crippen LogP contribution is 2.28. The molecule has 0 aliphatic rings. The molecule has 0 saturated carbocycles. The van der Waals surface area contributed by atoms with Crippen LogP contribution in [-0.2, 0) is 4.79 Å². The normalized spacial score (nSPS) is 11.0. The number of hydrogen-bond acceptors (Lipinski definition) is 10. The van der Waals surface area contributed by atoms with Gasteiger partial charge in [-0.2, -0.15) is 5.26 Å². The zero-order valence-corrected chi connectivity index (χ0v) is 20.6. The summed E-state index contributed by atoms with van der Waals surface area (Å²) in [6.07, 6.45) is 1.23. The summed E-state index contributed by atoms with van der Waals surface area (Å²) in [7, 11) is 1.53. The molecule has 0 atom stereocenters. The monoisotopic (exact) mass is 509 g/mol. The van der Waals surface area contributed by atoms with Gasteiger partial charge in [0.1, 0.15) is 35.6 Å². The first kappa shape index (κ1) is 26.1. The number of ether oxygens (including phenoxy) is 3. The van der Waals surface area contributed by atoms with E-state index in [0.717, 1.165) is 5.01 Å². The second-order valence-corrected chi connectivity index (χ2v) is 8.56. The molecule has 1 N–H and O–H groups in total. The van der Waals surface area contributed by atoms with Gasteiger partial charge < -0.3 is 14.2 Å². The number of nitriles is 1. The van der Waals surface area contributed by atoms with Crippen LogP contribution in [0.3, 0.4) is 0 Å². The SMILES string of the molecule is COc1ccccc1OCCOc1ccc([N+](=O)[O-])cc1/C=C(/C#N)C(=O)Nc1nnc(C(C)C)s1. The molecule has 0 spiro atoms. The van der Waals surface area contributed by atoms with E-state index in [1.165, 1.54) is 42.7 Å². The number of nitro benzene ring substituents is 1. The Balaban J connectivity index is 1.76. The van der Waals surface area contributed by atoms with Crippen LogP contribution in [0.15, 0.2) is 48.0 Å². The van der Waals surface area contributed by atoms with Crippen molar-refractivity contribution >= 4 is 34.1 Å². The van der Waals surface area contributed by atoms with Crippen LogP contribution < -0.4 is 19.5 Å². The highest BCUT2D eigenvalue weighted by molar-refractivity contribution is 7.15. The van der Waals surface area contributed by atoms with Crippen molar-refractivity contribution in [2.45, 2.75) is 19.8 Å². The van der Waals surface area contributed by atoms with Crippen LogP contribution in [0.5, 0.6) is 17.2 Å². The maximum atomic E-state index is 12.7. The van der Waals surface area contributed by atoms with Crippen LogP contribution in [0.4, 0.5) is 10.8 Å². The third-order valence-corrected chi connectivity index (χ3v) is 5.83. The van der Waals surface area contributed by atoms with Gasteiger partial charge in [0.25, 0.3) is 11.6 Å². The highest BCUT2D eigenvalue weighted by atomic mass is 32.1. The summed E-state index contributed by atoms with van der Waals surface area (Å²) in [5.74, 6) is 0.754. The molecule has 0 fully saturated rings. The van der Waals surface area contributed by atoms with Crippen LogP contribution in [0.25, 0.3) is 6.08 Å². The summed E-state index contributed by atoms with van der Waals surface area (Å²) in [5, 5.41) is 32.3. The number of hydrogen-bond donors (Lipinski definition) is 1. The number of non-ortho nitro benzene ring substituents is 1. The van der Waals surface area contributed by atoms with E-state index in [1.54, 1.807) is 18.2 Å². The molecule has 0 saturated heterocycles. The largest absolute Gasteiger partial charge is 0.493 e. The van der Waals surface area contributed by atoms with Crippen LogP contribution in [0.1, 0.15) is 30.3 Å². The number of benzene rings is 2. The Kier molecular flexibility index (Phi) is 8.90. The van der Waals surface area contributed by atoms with Crippen molar-refractivity contribution in [1.29, 1.82) is 5.26 Å². The highest BCUT2D eigenvalue weighted by Gasteiger charge is 2.17. The fourth-order valence-corrected chi connectivity index (χ4v) is 3.66. The molecule has 0 radical (unpaired) electrons. The maximum Gasteiger partial charge on any atom is 0.270 e. The molecule has 3 aromatic rings. The zero-order valence-electron chi connectivity index (χ0n) is 19.8. The van der Waals surface area contributed by atoms with Crippen molar-refractivity contribution in [3.05, 3.63) is 68.7 Å². The summed E-state index contributed by atoms with van der Waals surface area (Å²) in [4.78, 5) is 23.4. The number of amides is 1. The lowest BCUT2D eigenvalue weighted by Gasteiger charge is -2.12. The lowest BCUT2D eigenvalue weighted by atomic mass is 10.1. The summed E-state index contributed by atoms with van der Waals surface area (Å²) in [5.41, 5.74) is -0.317. The van der Waals surface area contributed by atoms with E-state index in [1.807, 2.05) is 26.0 Å². The predicted octanol–water partition coefficient (Wildman–Crippen LogP) is 4.58. The average molecular weight is 510 g/mol. The van der Waals surface area contributed by atoms with Crippen molar-refractivity contribution < 1.29 is 23.9 Å². The fraction of sp³-hybridized carbons (Fsp3) is 0.250. The topological polar surface area (TPSA) is 150 Å². The van der Waals surface area contributed by atoms with E-state index < -0.39 is 10.8 Å². The van der Waals surface area contributed by atoms with Crippen LogP contribution >= 0.6 is 11.3 Å². The van der Waals surface area contributed by atoms with Gasteiger partial charge >= 0.3 is 0 Å². The quantitative estimate of drug-likeness (QED) is 0.129. The number of para-hydroxylation sites is 2. The Morgan fingerprint density at radius 1 is 1.17 bits per heavy atom. The summed E-state index contributed by atoms with van der Waals surface area (Å²) >= 11 is 1.20. The van der Waals surface area contributed by atoms with Gasteiger partial charge in [0.05, 0.1) is 12.0 Å². The lowest BCUT2D eigenvalue weighted by Crippen LogP contribution is -2.13. The number of carbonyl (C=O) groups excluding carboxylic acids is 1. The summed E-state index contributed by atoms with van der Waals surface area (Å²) in [6, 6.07) is 12.8. The first-order valence-corrected chi connectivity index (χ1v) is 11.6. The number of anilines is 1. The Morgan fingerprint density at radius 2 is 1.86 bits per heavy atom. The van der Waals surface area contributed by atoms with E-state index in [-0.39, 0.29) is 46.8 Å². The number of nitrogens with one attached hydrogen (secondary N) is 1. The van der Waals surface area contributed by atoms with E-state index in [2.05, 4.69) is 15.5 Å². The zero-order chi connectivity index (χ0) is 26.1. The van der Waals surface area contributed by atoms with Gasteiger partial charge in [-0.3, -0.25) is 20.2 Å². The number of nitro groups is 1. The summed E-state index contributed by atoms with van der Waals surface area (Å²) < 4.78 is 16.7. The molecule has 0 aliphatic heterocycles. The standard InChI is InChI=1S/C24H23N5O6S/c1-15(2)23-27-28-24(36-23)26-22(30)17(14-25)12-16-13-18(29(31)32)8-9-19(16)34-10-11-35-21-7-5-4-6-20(21)33-3/h4-9,12-13,15H,10-11H2,1-3H3,(H,26,28,30)/b17-12-. The smallest absolute Gasteiger partial charge is 0.270 e. The third-order valence-electron chi connectivity index (χ3n) is 4.69. The van der Waals surface area contributed by atoms with Crippen molar-refractivity contribution in [3.8, 4) is 23.3 Å². The minimum absolute atomic E-state index is 0.0908. The molecule has 36 heavy (non-hydrogen) atoms. The number of nitrogens with zero attached hydrogens (tertiary/aromatic N) is 4. The van der Waals surface area contributed by atoms with E-state index >= 15 is 0 Å². The Bertz CT molecular complexity index is 1310. The Labute approximate surface area is 211 Å². The predicted molar refractivity (Wildman–Crippen MR) is 133 cm³/mol. The van der Waals surface area contributed by atoms with Crippen molar-refractivity contribution in [1.82, 2.24) is 10.2 Å². The van der Waals surface area contributed by atoms with Crippen molar-refractivity contribution in [2.24, 2.45) is 0 Å². The van der Waals surface area contributed by atoms with Crippen LogP contribution in [-0.4, -0.2) is 41.4 Å². The van der Waals surface area contributed by atoms with Gasteiger partial charge in [-0.1, -0.05) is 37.3 Å². The van der Waals surface area contributed by atoms with Crippen molar-refractivity contribution in [2.75, 3.05) is 25.6 Å². The molecule has 1 aromatic heterocycles. The van der Waals surface area contributed by atoms with Crippen LogP contribution in [0.2, 0.25) is 0 Å². The third kappa shape index (κ3) is 6.77. The molecule has 12 heteroatoms. The van der Waals surface area contributed by atoms with Crippen LogP contribution in [0, 0.1) is 21.4 Å². The summed E-state index contributed by atoms with van der Waals surface area (Å²) in [6.45, 7) is 4.13. The van der Waals surface area contributed by atoms with Crippen molar-refractivity contribution in [3.63, 3.8) is 0 Å². The average Bonchev–Trinajstić information content (AvgIpc) is 3.34. The number of rotatable bonds is 11. The number of carbonyl (C=O) groups is 1. The van der Waals surface area contributed by atoms with Gasteiger partial charge in [-0.15, -0.1) is 10.2 Å². The molecule has 1 amide bonds. The number of methoxy groups -OCH3 is 1. The molecule has 3 rings (SSSR count). The number of aromatic nitrogens is 2. The first-order chi connectivity index (χ1) is 17.3. The second kappa shape index (κ2) is 12.3. The van der Waals surface area contributed by atoms with Gasteiger partial charge in [0.2, 0.25) is 5.13 Å². The minimum atomic E-state index is -0.721. The molecule has 186 valence electrons. The van der Waals surface area contributed by atoms with Gasteiger partial charge in [-0.25, -0.2) is 0 Å². The molecule has 0 unspecified atom stereocenters. The fourth-order valence-electron chi connectivity index (χ4n) is 2.92. The molecular formula is C24H23N5O6S. The van der Waals surface area contributed by atoms with Gasteiger partial charge in [0.15, 0.2) is 11.5 Å². The Hall–Kier alpha value is -4.50. The molecular weight excluding hydrogens is 486 g/mol. The molecule has 0 bridgehead atoms. The van der Waals surface area contributed by atoms with E-state index in [9.17, 15) is 20.2 Å². The first-order valence-electron chi connectivity index (χ1n) is 10.8. The van der Waals surface area contributed by atoms with E-state index in [0.29, 0.717) is 11.5 Å². The Morgan fingerprint density at radius 3 is 2.47 bits per heavy atom. The van der Waals surface area contributed by atoms with E-state index in [4.69, 9.17) is 14.2 Å². The minimum Gasteiger partial charge on any atom is -0.493 e. The molecule has 0 aliphatic carbocycles.